The third-order valence-electron chi connectivity index (χ3n) is 7.06. The molecule has 2 bridgehead atoms. The maximum atomic E-state index is 12.0. The number of nitrogens with zero attached hydrogens (tertiary/aromatic N) is 1. The summed E-state index contributed by atoms with van der Waals surface area (Å²) in [5, 5.41) is 3.66. The van der Waals surface area contributed by atoms with E-state index in [1.165, 1.54) is 29.1 Å². The van der Waals surface area contributed by atoms with E-state index >= 15 is 0 Å². The van der Waals surface area contributed by atoms with Crippen molar-refractivity contribution in [2.75, 3.05) is 25.5 Å². The van der Waals surface area contributed by atoms with E-state index in [0.29, 0.717) is 12.0 Å². The zero-order chi connectivity index (χ0) is 15.8. The molecule has 1 spiro atoms. The zero-order valence-corrected chi connectivity index (χ0v) is 13.8. The fraction of sp³-hybridized carbons (Fsp3) is 0.450. The number of likely N-dealkylation sites (N-methyl/N-ethyl adjacent to an activating group) is 1. The highest BCUT2D eigenvalue weighted by molar-refractivity contribution is 5.84. The summed E-state index contributed by atoms with van der Waals surface area (Å²) >= 11 is 0. The number of benzene rings is 1. The van der Waals surface area contributed by atoms with Gasteiger partial charge in [0.1, 0.15) is 18.9 Å². The molecular formula is C20H23N2O+. The van der Waals surface area contributed by atoms with Crippen molar-refractivity contribution in [3.8, 4) is 0 Å². The van der Waals surface area contributed by atoms with Gasteiger partial charge in [0, 0.05) is 35.7 Å². The maximum absolute atomic E-state index is 12.0. The number of para-hydroxylation sites is 1. The van der Waals surface area contributed by atoms with Crippen LogP contribution in [-0.4, -0.2) is 36.9 Å². The number of carbonyl (C=O) groups is 1. The molecule has 1 aliphatic carbocycles. The Kier molecular flexibility index (Phi) is 2.45. The lowest BCUT2D eigenvalue weighted by molar-refractivity contribution is -0.923. The number of aldehydes is 1. The lowest BCUT2D eigenvalue weighted by atomic mass is 9.61. The molecule has 5 rings (SSSR count). The number of fused-ring (bicyclic) bond motifs is 2. The Balaban J connectivity index is 1.85. The van der Waals surface area contributed by atoms with Crippen molar-refractivity contribution in [1.29, 1.82) is 0 Å². The molecule has 3 heterocycles. The Hall–Kier alpha value is -1.87. The molecule has 118 valence electrons. The van der Waals surface area contributed by atoms with Crippen molar-refractivity contribution in [2.24, 2.45) is 5.92 Å². The second kappa shape index (κ2) is 4.15. The molecule has 3 nitrogen and oxygen atoms in total. The molecule has 2 fully saturated rings. The van der Waals surface area contributed by atoms with Gasteiger partial charge in [-0.1, -0.05) is 24.3 Å². The first kappa shape index (κ1) is 13.6. The highest BCUT2D eigenvalue weighted by atomic mass is 16.1. The molecule has 2 saturated heterocycles. The Morgan fingerprint density at radius 1 is 1.35 bits per heavy atom. The van der Waals surface area contributed by atoms with E-state index in [1.807, 2.05) is 0 Å². The van der Waals surface area contributed by atoms with Gasteiger partial charge in [0.05, 0.1) is 19.0 Å². The molecule has 3 aliphatic heterocycles. The topological polar surface area (TPSA) is 29.1 Å². The van der Waals surface area contributed by atoms with Gasteiger partial charge in [-0.05, 0) is 24.1 Å². The molecule has 0 amide bonds. The predicted octanol–water partition coefficient (Wildman–Crippen LogP) is 3.00. The van der Waals surface area contributed by atoms with Crippen LogP contribution in [0.5, 0.6) is 0 Å². The van der Waals surface area contributed by atoms with Crippen molar-refractivity contribution >= 4 is 12.0 Å². The van der Waals surface area contributed by atoms with E-state index in [-0.39, 0.29) is 5.41 Å². The van der Waals surface area contributed by atoms with Crippen LogP contribution in [0.3, 0.4) is 0 Å². The zero-order valence-electron chi connectivity index (χ0n) is 13.8. The summed E-state index contributed by atoms with van der Waals surface area (Å²) < 4.78 is 1.13. The number of anilines is 1. The number of hydrogen-bond acceptors (Lipinski definition) is 2. The monoisotopic (exact) mass is 307 g/mol. The molecule has 1 aromatic carbocycles. The smallest absolute Gasteiger partial charge is 0.148 e. The maximum Gasteiger partial charge on any atom is 0.148 e. The third-order valence-corrected chi connectivity index (χ3v) is 7.06. The minimum Gasteiger partial charge on any atom is -0.357 e. The van der Waals surface area contributed by atoms with Gasteiger partial charge in [0.2, 0.25) is 0 Å². The van der Waals surface area contributed by atoms with Crippen LogP contribution < -0.4 is 5.32 Å². The number of rotatable bonds is 1. The van der Waals surface area contributed by atoms with Gasteiger partial charge in [0.15, 0.2) is 0 Å². The van der Waals surface area contributed by atoms with Crippen LogP contribution in [0.25, 0.3) is 0 Å². The van der Waals surface area contributed by atoms with Crippen molar-refractivity contribution in [1.82, 2.24) is 0 Å². The van der Waals surface area contributed by atoms with E-state index < -0.39 is 0 Å². The second-order valence-corrected chi connectivity index (χ2v) is 7.87. The minimum atomic E-state index is 0.0390. The lowest BCUT2D eigenvalue weighted by Crippen LogP contribution is -2.61. The molecule has 0 radical (unpaired) electrons. The molecule has 4 aliphatic rings. The van der Waals surface area contributed by atoms with Gasteiger partial charge in [-0.15, -0.1) is 0 Å². The van der Waals surface area contributed by atoms with Crippen molar-refractivity contribution in [3.05, 3.63) is 52.7 Å². The first-order chi connectivity index (χ1) is 11.1. The SMILES string of the molecule is CC=C1C[N+]2(C)CC[C@]34C(=C(C=O)[C@H]1C[C@@H]32)Nc1ccccc14. The van der Waals surface area contributed by atoms with Crippen molar-refractivity contribution < 1.29 is 9.28 Å². The summed E-state index contributed by atoms with van der Waals surface area (Å²) in [6.07, 6.45) is 5.65. The van der Waals surface area contributed by atoms with Gasteiger partial charge >= 0.3 is 0 Å². The summed E-state index contributed by atoms with van der Waals surface area (Å²) in [6.45, 7) is 4.42. The molecule has 1 N–H and O–H groups in total. The van der Waals surface area contributed by atoms with E-state index in [0.717, 1.165) is 35.7 Å². The molecule has 23 heavy (non-hydrogen) atoms. The number of piperidine rings is 1. The first-order valence-electron chi connectivity index (χ1n) is 8.70. The normalized spacial score (nSPS) is 41.6. The average molecular weight is 307 g/mol. The fourth-order valence-electron chi connectivity index (χ4n) is 6.07. The van der Waals surface area contributed by atoms with Crippen LogP contribution in [0.1, 0.15) is 25.3 Å². The van der Waals surface area contributed by atoms with E-state index in [9.17, 15) is 4.79 Å². The molecular weight excluding hydrogens is 284 g/mol. The molecule has 1 aromatic rings. The van der Waals surface area contributed by atoms with Gasteiger partial charge in [-0.3, -0.25) is 4.79 Å². The number of carbonyl (C=O) groups excluding carboxylic acids is 1. The van der Waals surface area contributed by atoms with Crippen LogP contribution in [-0.2, 0) is 10.2 Å². The molecule has 4 atom stereocenters. The van der Waals surface area contributed by atoms with Crippen molar-refractivity contribution in [2.45, 2.75) is 31.2 Å². The Bertz CT molecular complexity index is 793. The van der Waals surface area contributed by atoms with Crippen LogP contribution in [0, 0.1) is 5.92 Å². The standard InChI is InChI=1S/C20H22N2O/c1-3-13-11-22(2)9-8-20-16-6-4-5-7-17(16)21-19(20)15(12-23)14(13)10-18(20)22/h3-7,12,14,18H,8-11H2,1-2H3/p+1/t14-,18-,20+,22?/m0/s1. The third kappa shape index (κ3) is 1.38. The van der Waals surface area contributed by atoms with E-state index in [4.69, 9.17) is 0 Å². The average Bonchev–Trinajstić information content (AvgIpc) is 3.08. The molecule has 1 unspecified atom stereocenters. The van der Waals surface area contributed by atoms with Gasteiger partial charge in [-0.25, -0.2) is 0 Å². The molecule has 0 saturated carbocycles. The summed E-state index contributed by atoms with van der Waals surface area (Å²) in [4.78, 5) is 12.0. The Morgan fingerprint density at radius 3 is 2.96 bits per heavy atom. The fourth-order valence-corrected chi connectivity index (χ4v) is 6.07. The van der Waals surface area contributed by atoms with Crippen LogP contribution in [0.15, 0.2) is 47.2 Å². The predicted molar refractivity (Wildman–Crippen MR) is 91.0 cm³/mol. The summed E-state index contributed by atoms with van der Waals surface area (Å²) in [7, 11) is 2.42. The van der Waals surface area contributed by atoms with Crippen LogP contribution >= 0.6 is 0 Å². The largest absolute Gasteiger partial charge is 0.357 e. The Labute approximate surface area is 137 Å². The highest BCUT2D eigenvalue weighted by Crippen LogP contribution is 2.62. The molecule has 0 aromatic heterocycles. The van der Waals surface area contributed by atoms with Gasteiger partial charge in [-0.2, -0.15) is 0 Å². The summed E-state index contributed by atoms with van der Waals surface area (Å²) in [5.41, 5.74) is 6.35. The minimum absolute atomic E-state index is 0.0390. The lowest BCUT2D eigenvalue weighted by Gasteiger charge is -2.51. The highest BCUT2D eigenvalue weighted by Gasteiger charge is 2.67. The van der Waals surface area contributed by atoms with Crippen LogP contribution in [0.2, 0.25) is 0 Å². The first-order valence-corrected chi connectivity index (χ1v) is 8.70. The Morgan fingerprint density at radius 2 is 2.17 bits per heavy atom. The number of nitrogens with one attached hydrogen (secondary N) is 1. The van der Waals surface area contributed by atoms with Crippen molar-refractivity contribution in [3.63, 3.8) is 0 Å². The van der Waals surface area contributed by atoms with Gasteiger partial charge in [0.25, 0.3) is 0 Å². The second-order valence-electron chi connectivity index (χ2n) is 7.87. The number of hydrogen-bond donors (Lipinski definition) is 1. The quantitative estimate of drug-likeness (QED) is 0.491. The molecule has 3 heteroatoms. The number of allylic oxidation sites excluding steroid dienone is 2. The summed E-state index contributed by atoms with van der Waals surface area (Å²) in [6, 6.07) is 9.27. The van der Waals surface area contributed by atoms with Gasteiger partial charge < -0.3 is 9.80 Å². The number of quaternary nitrogens is 1. The van der Waals surface area contributed by atoms with E-state index in [1.54, 1.807) is 0 Å². The van der Waals surface area contributed by atoms with Crippen LogP contribution in [0.4, 0.5) is 5.69 Å². The van der Waals surface area contributed by atoms with E-state index in [2.05, 4.69) is 49.6 Å². The summed E-state index contributed by atoms with van der Waals surface area (Å²) in [5.74, 6) is 0.316.